The van der Waals surface area contributed by atoms with Gasteiger partial charge in [0.05, 0.1) is 16.9 Å². The molecule has 0 saturated heterocycles. The van der Waals surface area contributed by atoms with Gasteiger partial charge >= 0.3 is 0 Å². The number of phenolic OH excluding ortho intramolecular Hbond substituents is 1. The first kappa shape index (κ1) is 12.6. The Balaban J connectivity index is 2.05. The summed E-state index contributed by atoms with van der Waals surface area (Å²) in [6.07, 6.45) is 6.51. The van der Waals surface area contributed by atoms with Crippen molar-refractivity contribution in [2.24, 2.45) is 0 Å². The number of aromatic hydroxyl groups is 1. The first-order valence-corrected chi connectivity index (χ1v) is 7.49. The van der Waals surface area contributed by atoms with E-state index in [9.17, 15) is 5.11 Å². The standard InChI is InChI=1S/C16H24N2O/c1-12(2)18-15-10-13(19)6-7-14(15)17-11-16(18)8-4-3-5-9-16/h6-7,10,12,17,19H,3-5,8-9,11H2,1-2H3. The maximum atomic E-state index is 9.82. The molecule has 1 aromatic rings. The van der Waals surface area contributed by atoms with E-state index in [1.807, 2.05) is 12.1 Å². The smallest absolute Gasteiger partial charge is 0.117 e. The van der Waals surface area contributed by atoms with E-state index in [0.717, 1.165) is 12.2 Å². The van der Waals surface area contributed by atoms with Crippen LogP contribution in [0.25, 0.3) is 0 Å². The number of rotatable bonds is 1. The fourth-order valence-corrected chi connectivity index (χ4v) is 3.92. The zero-order valence-electron chi connectivity index (χ0n) is 11.9. The Morgan fingerprint density at radius 3 is 2.63 bits per heavy atom. The second-order valence-electron chi connectivity index (χ2n) is 6.30. The van der Waals surface area contributed by atoms with Gasteiger partial charge < -0.3 is 15.3 Å². The van der Waals surface area contributed by atoms with Gasteiger partial charge in [0, 0.05) is 18.7 Å². The number of nitrogens with one attached hydrogen (secondary N) is 1. The number of hydrogen-bond donors (Lipinski definition) is 2. The average Bonchev–Trinajstić information content (AvgIpc) is 2.38. The molecule has 0 radical (unpaired) electrons. The summed E-state index contributed by atoms with van der Waals surface area (Å²) in [5.74, 6) is 0.360. The second kappa shape index (κ2) is 4.62. The summed E-state index contributed by atoms with van der Waals surface area (Å²) in [6.45, 7) is 5.55. The van der Waals surface area contributed by atoms with Crippen molar-refractivity contribution in [3.63, 3.8) is 0 Å². The van der Waals surface area contributed by atoms with E-state index in [-0.39, 0.29) is 5.54 Å². The lowest BCUT2D eigenvalue weighted by Gasteiger charge is -2.53. The maximum absolute atomic E-state index is 9.82. The minimum atomic E-state index is 0.243. The van der Waals surface area contributed by atoms with Crippen LogP contribution in [-0.4, -0.2) is 23.2 Å². The number of nitrogens with zero attached hydrogens (tertiary/aromatic N) is 1. The van der Waals surface area contributed by atoms with Gasteiger partial charge in [-0.1, -0.05) is 19.3 Å². The summed E-state index contributed by atoms with van der Waals surface area (Å²) in [4.78, 5) is 2.55. The highest BCUT2D eigenvalue weighted by Gasteiger charge is 2.42. The van der Waals surface area contributed by atoms with Crippen LogP contribution in [-0.2, 0) is 0 Å². The summed E-state index contributed by atoms with van der Waals surface area (Å²) >= 11 is 0. The van der Waals surface area contributed by atoms with E-state index in [2.05, 4.69) is 24.1 Å². The fraction of sp³-hybridized carbons (Fsp3) is 0.625. The Kier molecular flexibility index (Phi) is 3.08. The molecular formula is C16H24N2O. The SMILES string of the molecule is CC(C)N1c2cc(O)ccc2NCC12CCCCC2. The molecular weight excluding hydrogens is 236 g/mol. The van der Waals surface area contributed by atoms with E-state index < -0.39 is 0 Å². The summed E-state index contributed by atoms with van der Waals surface area (Å²) in [5, 5.41) is 13.4. The predicted molar refractivity (Wildman–Crippen MR) is 80.0 cm³/mol. The molecule has 2 N–H and O–H groups in total. The monoisotopic (exact) mass is 260 g/mol. The molecule has 3 heteroatoms. The molecule has 1 aromatic carbocycles. The normalized spacial score (nSPS) is 21.3. The van der Waals surface area contributed by atoms with E-state index in [1.54, 1.807) is 6.07 Å². The third-order valence-electron chi connectivity index (χ3n) is 4.66. The lowest BCUT2D eigenvalue weighted by molar-refractivity contribution is 0.270. The average molecular weight is 260 g/mol. The van der Waals surface area contributed by atoms with Crippen LogP contribution in [0.1, 0.15) is 46.0 Å². The van der Waals surface area contributed by atoms with Crippen molar-refractivity contribution in [2.45, 2.75) is 57.5 Å². The van der Waals surface area contributed by atoms with Crippen molar-refractivity contribution < 1.29 is 5.11 Å². The van der Waals surface area contributed by atoms with Gasteiger partial charge in [-0.05, 0) is 38.8 Å². The predicted octanol–water partition coefficient (Wildman–Crippen LogP) is 3.74. The van der Waals surface area contributed by atoms with E-state index >= 15 is 0 Å². The van der Waals surface area contributed by atoms with Crippen LogP contribution in [0.2, 0.25) is 0 Å². The summed E-state index contributed by atoms with van der Waals surface area (Å²) in [7, 11) is 0. The van der Waals surface area contributed by atoms with Crippen molar-refractivity contribution in [1.29, 1.82) is 0 Å². The van der Waals surface area contributed by atoms with Crippen molar-refractivity contribution >= 4 is 11.4 Å². The molecule has 104 valence electrons. The minimum absolute atomic E-state index is 0.243. The summed E-state index contributed by atoms with van der Waals surface area (Å²) in [6, 6.07) is 6.14. The largest absolute Gasteiger partial charge is 0.508 e. The molecule has 0 amide bonds. The molecule has 19 heavy (non-hydrogen) atoms. The lowest BCUT2D eigenvalue weighted by atomic mass is 9.77. The van der Waals surface area contributed by atoms with Crippen LogP contribution in [0.4, 0.5) is 11.4 Å². The highest BCUT2D eigenvalue weighted by molar-refractivity contribution is 5.76. The lowest BCUT2D eigenvalue weighted by Crippen LogP contribution is -2.59. The number of hydrogen-bond acceptors (Lipinski definition) is 3. The number of anilines is 2. The van der Waals surface area contributed by atoms with Crippen LogP contribution in [0, 0.1) is 0 Å². The molecule has 0 unspecified atom stereocenters. The van der Waals surface area contributed by atoms with Crippen molar-refractivity contribution in [2.75, 3.05) is 16.8 Å². The Labute approximate surface area is 115 Å². The number of benzene rings is 1. The molecule has 1 heterocycles. The molecule has 0 aromatic heterocycles. The molecule has 3 nitrogen and oxygen atoms in total. The Hall–Kier alpha value is -1.38. The first-order chi connectivity index (χ1) is 9.12. The number of phenols is 1. The number of fused-ring (bicyclic) bond motifs is 1. The van der Waals surface area contributed by atoms with Crippen LogP contribution in [0.15, 0.2) is 18.2 Å². The van der Waals surface area contributed by atoms with E-state index in [4.69, 9.17) is 0 Å². The Bertz CT molecular complexity index is 464. The molecule has 1 aliphatic heterocycles. The van der Waals surface area contributed by atoms with E-state index in [1.165, 1.54) is 37.8 Å². The van der Waals surface area contributed by atoms with Gasteiger partial charge in [-0.3, -0.25) is 0 Å². The van der Waals surface area contributed by atoms with Gasteiger partial charge in [0.2, 0.25) is 0 Å². The van der Waals surface area contributed by atoms with Gasteiger partial charge in [-0.2, -0.15) is 0 Å². The summed E-state index contributed by atoms with van der Waals surface area (Å²) in [5.41, 5.74) is 2.57. The zero-order chi connectivity index (χ0) is 13.5. The van der Waals surface area contributed by atoms with Crippen LogP contribution in [0.5, 0.6) is 5.75 Å². The zero-order valence-corrected chi connectivity index (χ0v) is 11.9. The third-order valence-corrected chi connectivity index (χ3v) is 4.66. The molecule has 0 atom stereocenters. The van der Waals surface area contributed by atoms with Gasteiger partial charge in [-0.15, -0.1) is 0 Å². The van der Waals surface area contributed by atoms with Gasteiger partial charge in [0.25, 0.3) is 0 Å². The van der Waals surface area contributed by atoms with Gasteiger partial charge in [-0.25, -0.2) is 0 Å². The molecule has 0 bridgehead atoms. The van der Waals surface area contributed by atoms with Crippen molar-refractivity contribution in [3.8, 4) is 5.75 Å². The molecule has 1 fully saturated rings. The third kappa shape index (κ3) is 2.05. The highest BCUT2D eigenvalue weighted by atomic mass is 16.3. The minimum Gasteiger partial charge on any atom is -0.508 e. The van der Waals surface area contributed by atoms with Crippen LogP contribution < -0.4 is 10.2 Å². The van der Waals surface area contributed by atoms with Crippen LogP contribution >= 0.6 is 0 Å². The topological polar surface area (TPSA) is 35.5 Å². The quantitative estimate of drug-likeness (QED) is 0.755. The van der Waals surface area contributed by atoms with Crippen LogP contribution in [0.3, 0.4) is 0 Å². The summed E-state index contributed by atoms with van der Waals surface area (Å²) < 4.78 is 0. The fourth-order valence-electron chi connectivity index (χ4n) is 3.92. The highest BCUT2D eigenvalue weighted by Crippen LogP contribution is 2.45. The van der Waals surface area contributed by atoms with Gasteiger partial charge in [0.15, 0.2) is 0 Å². The van der Waals surface area contributed by atoms with E-state index in [0.29, 0.717) is 11.8 Å². The van der Waals surface area contributed by atoms with Crippen molar-refractivity contribution in [1.82, 2.24) is 0 Å². The molecule has 1 aliphatic carbocycles. The first-order valence-electron chi connectivity index (χ1n) is 7.49. The van der Waals surface area contributed by atoms with Crippen molar-refractivity contribution in [3.05, 3.63) is 18.2 Å². The molecule has 2 aliphatic rings. The maximum Gasteiger partial charge on any atom is 0.117 e. The Morgan fingerprint density at radius 2 is 1.95 bits per heavy atom. The van der Waals surface area contributed by atoms with Gasteiger partial charge in [0.1, 0.15) is 5.75 Å². The molecule has 1 saturated carbocycles. The molecule has 1 spiro atoms. The second-order valence-corrected chi connectivity index (χ2v) is 6.30. The Morgan fingerprint density at radius 1 is 1.21 bits per heavy atom. The molecule has 3 rings (SSSR count).